The Balaban J connectivity index is 2.13. The van der Waals surface area contributed by atoms with Gasteiger partial charge >= 0.3 is 0 Å². The van der Waals surface area contributed by atoms with Gasteiger partial charge in [0.2, 0.25) is 0 Å². The van der Waals surface area contributed by atoms with Crippen LogP contribution >= 0.6 is 0 Å². The molecule has 0 aromatic heterocycles. The molecule has 5 heteroatoms. The maximum absolute atomic E-state index is 9.64. The lowest BCUT2D eigenvalue weighted by Crippen LogP contribution is -2.50. The molecule has 0 aromatic carbocycles. The molecule has 1 fully saturated rings. The molecular formula is C15H28O5. The molecule has 1 heterocycles. The molecule has 1 aliphatic rings. The van der Waals surface area contributed by atoms with Crippen LogP contribution in [-0.4, -0.2) is 53.1 Å². The van der Waals surface area contributed by atoms with Crippen LogP contribution < -0.4 is 0 Å². The minimum atomic E-state index is -1.04. The van der Waals surface area contributed by atoms with Crippen molar-refractivity contribution in [1.82, 2.24) is 0 Å². The minimum absolute atomic E-state index is 0.241. The van der Waals surface area contributed by atoms with E-state index in [-0.39, 0.29) is 13.0 Å². The van der Waals surface area contributed by atoms with E-state index in [2.05, 4.69) is 26.0 Å². The van der Waals surface area contributed by atoms with Crippen LogP contribution in [0, 0.1) is 5.92 Å². The van der Waals surface area contributed by atoms with Gasteiger partial charge < -0.3 is 24.8 Å². The highest BCUT2D eigenvalue weighted by molar-refractivity contribution is 4.84. The zero-order valence-electron chi connectivity index (χ0n) is 12.4. The average molecular weight is 288 g/mol. The fraction of sp³-hybridized carbons (Fsp3) is 0.867. The van der Waals surface area contributed by atoms with Crippen molar-refractivity contribution >= 4 is 0 Å². The number of allylic oxidation sites excluding steroid dienone is 2. The molecule has 0 amide bonds. The van der Waals surface area contributed by atoms with Crippen molar-refractivity contribution in [1.29, 1.82) is 0 Å². The first-order valence-corrected chi connectivity index (χ1v) is 7.45. The van der Waals surface area contributed by atoms with Crippen LogP contribution in [0.3, 0.4) is 0 Å². The Morgan fingerprint density at radius 1 is 1.30 bits per heavy atom. The zero-order valence-corrected chi connectivity index (χ0v) is 12.4. The third-order valence-corrected chi connectivity index (χ3v) is 3.31. The fourth-order valence-corrected chi connectivity index (χ4v) is 2.12. The Morgan fingerprint density at radius 2 is 2.05 bits per heavy atom. The molecule has 0 radical (unpaired) electrons. The van der Waals surface area contributed by atoms with Crippen molar-refractivity contribution in [3.8, 4) is 0 Å². The Hall–Kier alpha value is -0.460. The highest BCUT2D eigenvalue weighted by Gasteiger charge is 2.36. The van der Waals surface area contributed by atoms with Gasteiger partial charge in [0.25, 0.3) is 0 Å². The lowest BCUT2D eigenvalue weighted by atomic mass is 10.0. The summed E-state index contributed by atoms with van der Waals surface area (Å²) in [6.07, 6.45) is 4.36. The average Bonchev–Trinajstić information content (AvgIpc) is 2.41. The summed E-state index contributed by atoms with van der Waals surface area (Å²) in [6, 6.07) is 0. The number of hydrogen-bond donors (Lipinski definition) is 3. The zero-order chi connectivity index (χ0) is 15.0. The lowest BCUT2D eigenvalue weighted by molar-refractivity contribution is -0.256. The van der Waals surface area contributed by atoms with E-state index in [1.165, 1.54) is 0 Å². The molecule has 4 unspecified atom stereocenters. The van der Waals surface area contributed by atoms with Gasteiger partial charge in [0.15, 0.2) is 6.29 Å². The van der Waals surface area contributed by atoms with Crippen LogP contribution in [0.4, 0.5) is 0 Å². The van der Waals surface area contributed by atoms with Gasteiger partial charge in [-0.3, -0.25) is 0 Å². The van der Waals surface area contributed by atoms with E-state index >= 15 is 0 Å². The van der Waals surface area contributed by atoms with E-state index in [0.717, 1.165) is 19.3 Å². The predicted octanol–water partition coefficient (Wildman–Crippen LogP) is 1.21. The summed E-state index contributed by atoms with van der Waals surface area (Å²) >= 11 is 0. The Morgan fingerprint density at radius 3 is 2.70 bits per heavy atom. The second kappa shape index (κ2) is 9.47. The predicted molar refractivity (Wildman–Crippen MR) is 76.2 cm³/mol. The maximum Gasteiger partial charge on any atom is 0.160 e. The van der Waals surface area contributed by atoms with E-state index in [9.17, 15) is 10.2 Å². The number of aliphatic hydroxyl groups is 3. The number of unbranched alkanes of at least 4 members (excludes halogenated alkanes) is 2. The first kappa shape index (κ1) is 17.6. The number of aliphatic hydroxyl groups excluding tert-OH is 3. The molecule has 3 N–H and O–H groups in total. The molecule has 0 saturated carbocycles. The van der Waals surface area contributed by atoms with Crippen LogP contribution in [0.2, 0.25) is 0 Å². The second-order valence-corrected chi connectivity index (χ2v) is 5.62. The molecule has 1 rings (SSSR count). The highest BCUT2D eigenvalue weighted by Crippen LogP contribution is 2.21. The summed E-state index contributed by atoms with van der Waals surface area (Å²) in [5.74, 6) is 0.588. The van der Waals surface area contributed by atoms with E-state index < -0.39 is 24.6 Å². The molecule has 1 aliphatic heterocycles. The summed E-state index contributed by atoms with van der Waals surface area (Å²) in [7, 11) is 0. The summed E-state index contributed by atoms with van der Waals surface area (Å²) in [5.41, 5.74) is 0. The lowest BCUT2D eigenvalue weighted by Gasteiger charge is -2.36. The third kappa shape index (κ3) is 6.33. The van der Waals surface area contributed by atoms with Gasteiger partial charge in [-0.25, -0.2) is 0 Å². The maximum atomic E-state index is 9.64. The summed E-state index contributed by atoms with van der Waals surface area (Å²) < 4.78 is 10.9. The highest BCUT2D eigenvalue weighted by atomic mass is 16.7. The number of ether oxygens (including phenoxy) is 2. The molecule has 0 aliphatic carbocycles. The van der Waals surface area contributed by atoms with Gasteiger partial charge in [-0.15, -0.1) is 0 Å². The van der Waals surface area contributed by atoms with E-state index in [0.29, 0.717) is 12.5 Å². The summed E-state index contributed by atoms with van der Waals surface area (Å²) in [5, 5.41) is 28.3. The Kier molecular flexibility index (Phi) is 8.33. The Labute approximate surface area is 121 Å². The van der Waals surface area contributed by atoms with Crippen LogP contribution in [-0.2, 0) is 9.47 Å². The molecule has 20 heavy (non-hydrogen) atoms. The molecule has 0 aromatic rings. The van der Waals surface area contributed by atoms with Crippen molar-refractivity contribution in [2.24, 2.45) is 5.92 Å². The first-order valence-electron chi connectivity index (χ1n) is 7.45. The topological polar surface area (TPSA) is 79.2 Å². The summed E-state index contributed by atoms with van der Waals surface area (Å²) in [6.45, 7) is 4.54. The van der Waals surface area contributed by atoms with E-state index in [4.69, 9.17) is 14.6 Å². The van der Waals surface area contributed by atoms with Gasteiger partial charge in [-0.2, -0.15) is 0 Å². The molecular weight excluding hydrogens is 260 g/mol. The smallest absolute Gasteiger partial charge is 0.160 e. The standard InChI is InChI=1S/C15H28O5/c1-11(2)7-5-3-4-6-8-19-14-9-12(17)15(18)13(10-16)20-14/h5,7,11-18H,3-4,6,8-10H2,1-2H3/b7-5+. The van der Waals surface area contributed by atoms with Crippen molar-refractivity contribution in [3.05, 3.63) is 12.2 Å². The molecule has 0 spiro atoms. The van der Waals surface area contributed by atoms with Crippen LogP contribution in [0.25, 0.3) is 0 Å². The first-order chi connectivity index (χ1) is 9.54. The van der Waals surface area contributed by atoms with E-state index in [1.54, 1.807) is 0 Å². The minimum Gasteiger partial charge on any atom is -0.394 e. The molecule has 4 atom stereocenters. The normalized spacial score (nSPS) is 31.3. The van der Waals surface area contributed by atoms with Crippen molar-refractivity contribution in [2.75, 3.05) is 13.2 Å². The van der Waals surface area contributed by atoms with Gasteiger partial charge in [0.05, 0.1) is 12.7 Å². The van der Waals surface area contributed by atoms with E-state index in [1.807, 2.05) is 0 Å². The van der Waals surface area contributed by atoms with Gasteiger partial charge in [0.1, 0.15) is 12.2 Å². The van der Waals surface area contributed by atoms with Crippen LogP contribution in [0.1, 0.15) is 39.5 Å². The molecule has 1 saturated heterocycles. The third-order valence-electron chi connectivity index (χ3n) is 3.31. The number of hydrogen-bond acceptors (Lipinski definition) is 5. The molecule has 0 bridgehead atoms. The quantitative estimate of drug-likeness (QED) is 0.462. The van der Waals surface area contributed by atoms with Gasteiger partial charge in [-0.05, 0) is 25.2 Å². The summed E-state index contributed by atoms with van der Waals surface area (Å²) in [4.78, 5) is 0. The molecule has 5 nitrogen and oxygen atoms in total. The van der Waals surface area contributed by atoms with Gasteiger partial charge in [0, 0.05) is 13.0 Å². The fourth-order valence-electron chi connectivity index (χ4n) is 2.12. The van der Waals surface area contributed by atoms with Crippen molar-refractivity contribution < 1.29 is 24.8 Å². The number of rotatable bonds is 8. The van der Waals surface area contributed by atoms with Crippen molar-refractivity contribution in [2.45, 2.75) is 64.1 Å². The molecule has 118 valence electrons. The SMILES string of the molecule is CC(C)/C=C/CCCCOC1CC(O)C(O)C(CO)O1. The van der Waals surface area contributed by atoms with Crippen molar-refractivity contribution in [3.63, 3.8) is 0 Å². The second-order valence-electron chi connectivity index (χ2n) is 5.62. The largest absolute Gasteiger partial charge is 0.394 e. The van der Waals surface area contributed by atoms with Crippen LogP contribution in [0.15, 0.2) is 12.2 Å². The Bertz CT molecular complexity index is 279. The monoisotopic (exact) mass is 288 g/mol. The van der Waals surface area contributed by atoms with Crippen LogP contribution in [0.5, 0.6) is 0 Å². The van der Waals surface area contributed by atoms with Gasteiger partial charge in [-0.1, -0.05) is 26.0 Å².